The highest BCUT2D eigenvalue weighted by Crippen LogP contribution is 2.33. The summed E-state index contributed by atoms with van der Waals surface area (Å²) in [5.41, 5.74) is -0.0682. The lowest BCUT2D eigenvalue weighted by atomic mass is 9.88. The summed E-state index contributed by atoms with van der Waals surface area (Å²) < 4.78 is 1.70. The Labute approximate surface area is 135 Å². The van der Waals surface area contributed by atoms with Crippen LogP contribution in [-0.4, -0.2) is 23.9 Å². The standard InChI is InChI=1S/C14H16Br2N2O2/c1-3-14(4-2)13(20)18(8-12(19)17-14)11-6-5-9(15)7-10(11)16/h5-7H,3-4,8H2,1-2H3,(H,17,19). The molecule has 1 fully saturated rings. The van der Waals surface area contributed by atoms with Gasteiger partial charge in [0.15, 0.2) is 0 Å². The topological polar surface area (TPSA) is 49.4 Å². The lowest BCUT2D eigenvalue weighted by Gasteiger charge is -2.41. The van der Waals surface area contributed by atoms with Gasteiger partial charge in [-0.05, 0) is 47.0 Å². The van der Waals surface area contributed by atoms with Gasteiger partial charge < -0.3 is 5.32 Å². The molecule has 0 aliphatic carbocycles. The number of piperazine rings is 1. The average molecular weight is 404 g/mol. The predicted octanol–water partition coefficient (Wildman–Crippen LogP) is 3.23. The molecule has 2 amide bonds. The van der Waals surface area contributed by atoms with Gasteiger partial charge in [-0.3, -0.25) is 14.5 Å². The van der Waals surface area contributed by atoms with Crippen molar-refractivity contribution in [2.24, 2.45) is 0 Å². The van der Waals surface area contributed by atoms with Gasteiger partial charge in [0.2, 0.25) is 5.91 Å². The van der Waals surface area contributed by atoms with Crippen molar-refractivity contribution < 1.29 is 9.59 Å². The zero-order valence-electron chi connectivity index (χ0n) is 11.4. The van der Waals surface area contributed by atoms with Gasteiger partial charge >= 0.3 is 0 Å². The van der Waals surface area contributed by atoms with E-state index in [1.165, 1.54) is 0 Å². The first-order valence-electron chi connectivity index (χ1n) is 6.51. The Morgan fingerprint density at radius 3 is 2.45 bits per heavy atom. The van der Waals surface area contributed by atoms with E-state index in [1.807, 2.05) is 32.0 Å². The monoisotopic (exact) mass is 402 g/mol. The summed E-state index contributed by atoms with van der Waals surface area (Å²) in [6.07, 6.45) is 1.16. The minimum atomic E-state index is -0.790. The number of carbonyl (C=O) groups excluding carboxylic acids is 2. The summed E-state index contributed by atoms with van der Waals surface area (Å²) in [6, 6.07) is 5.56. The van der Waals surface area contributed by atoms with Crippen LogP contribution in [0.4, 0.5) is 5.69 Å². The van der Waals surface area contributed by atoms with Gasteiger partial charge in [-0.25, -0.2) is 0 Å². The number of nitrogens with one attached hydrogen (secondary N) is 1. The number of anilines is 1. The molecule has 20 heavy (non-hydrogen) atoms. The molecule has 1 heterocycles. The molecule has 1 saturated heterocycles. The number of nitrogens with zero attached hydrogens (tertiary/aromatic N) is 1. The first-order valence-corrected chi connectivity index (χ1v) is 8.10. The summed E-state index contributed by atoms with van der Waals surface area (Å²) in [4.78, 5) is 26.3. The molecule has 0 radical (unpaired) electrons. The van der Waals surface area contributed by atoms with E-state index in [1.54, 1.807) is 4.90 Å². The maximum atomic E-state index is 12.8. The highest BCUT2D eigenvalue weighted by molar-refractivity contribution is 9.11. The summed E-state index contributed by atoms with van der Waals surface area (Å²) in [5.74, 6) is -0.173. The van der Waals surface area contributed by atoms with Crippen molar-refractivity contribution in [3.63, 3.8) is 0 Å². The van der Waals surface area contributed by atoms with Crippen molar-refractivity contribution in [2.75, 3.05) is 11.4 Å². The third-order valence-corrected chi connectivity index (χ3v) is 4.87. The minimum Gasteiger partial charge on any atom is -0.340 e. The SMILES string of the molecule is CCC1(CC)NC(=O)CN(c2ccc(Br)cc2Br)C1=O. The Morgan fingerprint density at radius 1 is 1.25 bits per heavy atom. The van der Waals surface area contributed by atoms with E-state index in [2.05, 4.69) is 37.2 Å². The Bertz CT molecular complexity index is 556. The maximum absolute atomic E-state index is 12.8. The fourth-order valence-electron chi connectivity index (χ4n) is 2.46. The van der Waals surface area contributed by atoms with Crippen LogP contribution >= 0.6 is 31.9 Å². The number of hydrogen-bond acceptors (Lipinski definition) is 2. The van der Waals surface area contributed by atoms with Gasteiger partial charge in [-0.1, -0.05) is 29.8 Å². The highest BCUT2D eigenvalue weighted by atomic mass is 79.9. The molecule has 0 atom stereocenters. The number of rotatable bonds is 3. The molecule has 1 aliphatic heterocycles. The van der Waals surface area contributed by atoms with Crippen molar-refractivity contribution in [3.8, 4) is 0 Å². The van der Waals surface area contributed by atoms with Crippen molar-refractivity contribution in [2.45, 2.75) is 32.2 Å². The van der Waals surface area contributed by atoms with Crippen molar-refractivity contribution in [1.29, 1.82) is 0 Å². The van der Waals surface area contributed by atoms with Crippen LogP contribution in [0.1, 0.15) is 26.7 Å². The molecule has 0 spiro atoms. The largest absolute Gasteiger partial charge is 0.340 e. The fraction of sp³-hybridized carbons (Fsp3) is 0.429. The second-order valence-corrected chi connectivity index (χ2v) is 6.59. The zero-order valence-corrected chi connectivity index (χ0v) is 14.5. The molecule has 0 unspecified atom stereocenters. The van der Waals surface area contributed by atoms with Crippen LogP contribution in [-0.2, 0) is 9.59 Å². The van der Waals surface area contributed by atoms with E-state index in [9.17, 15) is 9.59 Å². The molecular formula is C14H16Br2N2O2. The van der Waals surface area contributed by atoms with E-state index in [-0.39, 0.29) is 18.4 Å². The van der Waals surface area contributed by atoms with Crippen LogP contribution in [0.3, 0.4) is 0 Å². The number of hydrogen-bond donors (Lipinski definition) is 1. The molecule has 2 rings (SSSR count). The zero-order chi connectivity index (χ0) is 14.9. The van der Waals surface area contributed by atoms with Gasteiger partial charge in [0.25, 0.3) is 5.91 Å². The van der Waals surface area contributed by atoms with E-state index in [0.29, 0.717) is 12.8 Å². The molecule has 1 aromatic rings. The van der Waals surface area contributed by atoms with Crippen molar-refractivity contribution in [1.82, 2.24) is 5.32 Å². The van der Waals surface area contributed by atoms with Crippen LogP contribution in [0.15, 0.2) is 27.1 Å². The van der Waals surface area contributed by atoms with E-state index >= 15 is 0 Å². The van der Waals surface area contributed by atoms with Gasteiger partial charge in [0.05, 0.1) is 5.69 Å². The van der Waals surface area contributed by atoms with Gasteiger partial charge in [0.1, 0.15) is 12.1 Å². The molecule has 6 heteroatoms. The Morgan fingerprint density at radius 2 is 1.90 bits per heavy atom. The lowest BCUT2D eigenvalue weighted by Crippen LogP contribution is -2.66. The average Bonchev–Trinajstić information content (AvgIpc) is 2.41. The fourth-order valence-corrected chi connectivity index (χ4v) is 3.72. The summed E-state index contributed by atoms with van der Waals surface area (Å²) in [6.45, 7) is 3.89. The molecule has 1 aliphatic rings. The second kappa shape index (κ2) is 5.85. The molecule has 0 saturated carbocycles. The molecule has 108 valence electrons. The second-order valence-electron chi connectivity index (χ2n) is 4.82. The van der Waals surface area contributed by atoms with Crippen LogP contribution in [0.25, 0.3) is 0 Å². The van der Waals surface area contributed by atoms with Gasteiger partial charge in [-0.2, -0.15) is 0 Å². The number of halogens is 2. The lowest BCUT2D eigenvalue weighted by molar-refractivity contribution is -0.136. The molecule has 1 aromatic carbocycles. The first kappa shape index (κ1) is 15.5. The third kappa shape index (κ3) is 2.63. The van der Waals surface area contributed by atoms with E-state index in [4.69, 9.17) is 0 Å². The summed E-state index contributed by atoms with van der Waals surface area (Å²) >= 11 is 6.84. The number of amides is 2. The first-order chi connectivity index (χ1) is 9.43. The summed E-state index contributed by atoms with van der Waals surface area (Å²) in [5, 5.41) is 2.85. The Kier molecular flexibility index (Phi) is 4.54. The smallest absolute Gasteiger partial charge is 0.253 e. The maximum Gasteiger partial charge on any atom is 0.253 e. The number of carbonyl (C=O) groups is 2. The Hall–Kier alpha value is -0.880. The normalized spacial score (nSPS) is 18.1. The Balaban J connectivity index is 2.45. The molecule has 1 N–H and O–H groups in total. The quantitative estimate of drug-likeness (QED) is 0.842. The van der Waals surface area contributed by atoms with Crippen LogP contribution in [0.5, 0.6) is 0 Å². The van der Waals surface area contributed by atoms with Crippen molar-refractivity contribution >= 4 is 49.4 Å². The highest BCUT2D eigenvalue weighted by Gasteiger charge is 2.44. The van der Waals surface area contributed by atoms with Crippen molar-refractivity contribution in [3.05, 3.63) is 27.1 Å². The molecule has 4 nitrogen and oxygen atoms in total. The number of benzene rings is 1. The van der Waals surface area contributed by atoms with Gasteiger partial charge in [-0.15, -0.1) is 0 Å². The van der Waals surface area contributed by atoms with Crippen LogP contribution < -0.4 is 10.2 Å². The third-order valence-electron chi connectivity index (χ3n) is 3.74. The van der Waals surface area contributed by atoms with E-state index in [0.717, 1.165) is 14.6 Å². The molecule has 0 aromatic heterocycles. The minimum absolute atomic E-state index is 0.0508. The van der Waals surface area contributed by atoms with Crippen LogP contribution in [0.2, 0.25) is 0 Å². The predicted molar refractivity (Wildman–Crippen MR) is 85.7 cm³/mol. The van der Waals surface area contributed by atoms with Gasteiger partial charge in [0, 0.05) is 8.95 Å². The summed E-state index contributed by atoms with van der Waals surface area (Å²) in [7, 11) is 0. The molecule has 0 bridgehead atoms. The van der Waals surface area contributed by atoms with Crippen LogP contribution in [0, 0.1) is 0 Å². The van der Waals surface area contributed by atoms with E-state index < -0.39 is 5.54 Å². The molecular weight excluding hydrogens is 388 g/mol.